The molecule has 1 aromatic rings. The maximum Gasteiger partial charge on any atom is 0.114 e. The minimum atomic E-state index is 0.236. The molecule has 13 heavy (non-hydrogen) atoms. The Kier molecular flexibility index (Phi) is 3.73. The highest BCUT2D eigenvalue weighted by Crippen LogP contribution is 2.15. The molecule has 0 bridgehead atoms. The van der Waals surface area contributed by atoms with Crippen molar-refractivity contribution >= 4 is 17.3 Å². The summed E-state index contributed by atoms with van der Waals surface area (Å²) in [5, 5.41) is 12.3. The maximum atomic E-state index is 8.68. The molecule has 3 nitrogen and oxygen atoms in total. The maximum absolute atomic E-state index is 8.68. The molecule has 0 spiro atoms. The molecule has 0 unspecified atom stereocenters. The van der Waals surface area contributed by atoms with Gasteiger partial charge < -0.3 is 9.94 Å². The van der Waals surface area contributed by atoms with E-state index in [0.717, 1.165) is 0 Å². The van der Waals surface area contributed by atoms with Crippen molar-refractivity contribution in [1.82, 2.24) is 0 Å². The molecule has 0 atom stereocenters. The minimum absolute atomic E-state index is 0.236. The van der Waals surface area contributed by atoms with Crippen LogP contribution < -0.4 is 0 Å². The summed E-state index contributed by atoms with van der Waals surface area (Å²) in [4.78, 5) is 0. The van der Waals surface area contributed by atoms with Crippen LogP contribution >= 0.6 is 11.6 Å². The van der Waals surface area contributed by atoms with E-state index in [1.807, 2.05) is 12.1 Å². The third-order valence-corrected chi connectivity index (χ3v) is 1.92. The van der Waals surface area contributed by atoms with Crippen molar-refractivity contribution < 1.29 is 9.94 Å². The van der Waals surface area contributed by atoms with E-state index in [1.165, 1.54) is 7.11 Å². The van der Waals surface area contributed by atoms with Crippen LogP contribution in [0.1, 0.15) is 5.56 Å². The Morgan fingerprint density at radius 3 is 2.77 bits per heavy atom. The molecule has 1 rings (SSSR count). The zero-order valence-corrected chi connectivity index (χ0v) is 7.95. The number of rotatable bonds is 3. The van der Waals surface area contributed by atoms with Gasteiger partial charge in [0.1, 0.15) is 5.71 Å². The Morgan fingerprint density at radius 1 is 1.54 bits per heavy atom. The van der Waals surface area contributed by atoms with E-state index in [0.29, 0.717) is 16.3 Å². The number of oxime groups is 1. The fraction of sp³-hybridized carbons (Fsp3) is 0.222. The Morgan fingerprint density at radius 2 is 2.23 bits per heavy atom. The Labute approximate surface area is 81.6 Å². The third kappa shape index (κ3) is 2.44. The van der Waals surface area contributed by atoms with E-state index in [1.54, 1.807) is 12.1 Å². The monoisotopic (exact) mass is 199 g/mol. The van der Waals surface area contributed by atoms with Crippen molar-refractivity contribution in [1.29, 1.82) is 0 Å². The highest BCUT2D eigenvalue weighted by atomic mass is 35.5. The highest BCUT2D eigenvalue weighted by molar-refractivity contribution is 6.34. The number of hydrogen-bond acceptors (Lipinski definition) is 3. The molecule has 0 fully saturated rings. The van der Waals surface area contributed by atoms with E-state index in [9.17, 15) is 0 Å². The lowest BCUT2D eigenvalue weighted by atomic mass is 10.1. The smallest absolute Gasteiger partial charge is 0.114 e. The van der Waals surface area contributed by atoms with Crippen molar-refractivity contribution in [3.05, 3.63) is 34.9 Å². The second-order valence-electron chi connectivity index (χ2n) is 2.46. The molecule has 0 amide bonds. The van der Waals surface area contributed by atoms with Crippen LogP contribution in [0.15, 0.2) is 29.4 Å². The summed E-state index contributed by atoms with van der Waals surface area (Å²) in [7, 11) is 1.53. The van der Waals surface area contributed by atoms with Crippen molar-refractivity contribution in [3.63, 3.8) is 0 Å². The molecule has 0 heterocycles. The molecule has 0 aromatic heterocycles. The number of ether oxygens (including phenoxy) is 1. The van der Waals surface area contributed by atoms with E-state index in [2.05, 4.69) is 5.16 Å². The van der Waals surface area contributed by atoms with E-state index < -0.39 is 0 Å². The van der Waals surface area contributed by atoms with E-state index in [-0.39, 0.29) is 6.61 Å². The predicted molar refractivity (Wildman–Crippen MR) is 51.7 cm³/mol. The van der Waals surface area contributed by atoms with Gasteiger partial charge in [-0.25, -0.2) is 0 Å². The Hall–Kier alpha value is -1.06. The summed E-state index contributed by atoms with van der Waals surface area (Å²) in [5.74, 6) is 0. The summed E-state index contributed by atoms with van der Waals surface area (Å²) in [6.45, 7) is 0.236. The second-order valence-corrected chi connectivity index (χ2v) is 2.87. The number of halogens is 1. The van der Waals surface area contributed by atoms with Gasteiger partial charge in [-0.1, -0.05) is 35.0 Å². The first-order valence-electron chi connectivity index (χ1n) is 3.74. The standard InChI is InChI=1S/C9H10ClNO2/c1-13-6-9(11-12)7-4-2-3-5-8(7)10/h2-5,12H,6H2,1H3. The average Bonchev–Trinajstić information content (AvgIpc) is 2.16. The topological polar surface area (TPSA) is 41.8 Å². The van der Waals surface area contributed by atoms with Gasteiger partial charge in [0.05, 0.1) is 6.61 Å². The van der Waals surface area contributed by atoms with Gasteiger partial charge >= 0.3 is 0 Å². The minimum Gasteiger partial charge on any atom is -0.411 e. The molecular weight excluding hydrogens is 190 g/mol. The van der Waals surface area contributed by atoms with Gasteiger partial charge in [-0.15, -0.1) is 0 Å². The first-order valence-corrected chi connectivity index (χ1v) is 4.12. The molecule has 4 heteroatoms. The van der Waals surface area contributed by atoms with Gasteiger partial charge in [0.25, 0.3) is 0 Å². The fourth-order valence-electron chi connectivity index (χ4n) is 0.992. The first-order chi connectivity index (χ1) is 6.29. The number of hydrogen-bond donors (Lipinski definition) is 1. The quantitative estimate of drug-likeness (QED) is 0.461. The van der Waals surface area contributed by atoms with Gasteiger partial charge in [-0.2, -0.15) is 0 Å². The molecule has 70 valence electrons. The summed E-state index contributed by atoms with van der Waals surface area (Å²) in [5.41, 5.74) is 1.11. The van der Waals surface area contributed by atoms with Gasteiger partial charge in [-0.3, -0.25) is 0 Å². The number of benzene rings is 1. The Balaban J connectivity index is 2.99. The lowest BCUT2D eigenvalue weighted by Gasteiger charge is -2.04. The van der Waals surface area contributed by atoms with Crippen LogP contribution in [0.4, 0.5) is 0 Å². The van der Waals surface area contributed by atoms with Crippen LogP contribution in [-0.2, 0) is 4.74 Å². The molecule has 0 aliphatic rings. The van der Waals surface area contributed by atoms with Crippen molar-refractivity contribution in [2.75, 3.05) is 13.7 Å². The summed E-state index contributed by atoms with van der Waals surface area (Å²) in [6.07, 6.45) is 0. The lowest BCUT2D eigenvalue weighted by Crippen LogP contribution is -2.09. The second kappa shape index (κ2) is 4.84. The normalized spacial score (nSPS) is 11.7. The molecule has 0 saturated carbocycles. The molecule has 0 aliphatic heterocycles. The predicted octanol–water partition coefficient (Wildman–Crippen LogP) is 2.16. The number of methoxy groups -OCH3 is 1. The van der Waals surface area contributed by atoms with Crippen LogP contribution in [0.2, 0.25) is 5.02 Å². The molecule has 0 saturated heterocycles. The zero-order chi connectivity index (χ0) is 9.68. The van der Waals surface area contributed by atoms with Crippen LogP contribution in [0, 0.1) is 0 Å². The SMILES string of the molecule is COCC(=NO)c1ccccc1Cl. The fourth-order valence-corrected chi connectivity index (χ4v) is 1.24. The average molecular weight is 200 g/mol. The van der Waals surface area contributed by atoms with Gasteiger partial charge in [0.2, 0.25) is 0 Å². The largest absolute Gasteiger partial charge is 0.411 e. The van der Waals surface area contributed by atoms with Crippen LogP contribution in [0.25, 0.3) is 0 Å². The van der Waals surface area contributed by atoms with Gasteiger partial charge in [0, 0.05) is 17.7 Å². The lowest BCUT2D eigenvalue weighted by molar-refractivity contribution is 0.238. The Bertz CT molecular complexity index is 312. The molecule has 0 aliphatic carbocycles. The van der Waals surface area contributed by atoms with Crippen LogP contribution in [-0.4, -0.2) is 24.6 Å². The molecule has 1 aromatic carbocycles. The van der Waals surface area contributed by atoms with Crippen LogP contribution in [0.5, 0.6) is 0 Å². The molecule has 1 N–H and O–H groups in total. The van der Waals surface area contributed by atoms with E-state index in [4.69, 9.17) is 21.5 Å². The van der Waals surface area contributed by atoms with Gasteiger partial charge in [0.15, 0.2) is 0 Å². The first kappa shape index (κ1) is 10.0. The highest BCUT2D eigenvalue weighted by Gasteiger charge is 2.07. The van der Waals surface area contributed by atoms with Crippen molar-refractivity contribution in [2.45, 2.75) is 0 Å². The van der Waals surface area contributed by atoms with E-state index >= 15 is 0 Å². The molecule has 0 radical (unpaired) electrons. The van der Waals surface area contributed by atoms with Crippen molar-refractivity contribution in [2.24, 2.45) is 5.16 Å². The zero-order valence-electron chi connectivity index (χ0n) is 7.20. The summed E-state index contributed by atoms with van der Waals surface area (Å²) in [6, 6.07) is 7.14. The third-order valence-electron chi connectivity index (χ3n) is 1.59. The molecular formula is C9H10ClNO2. The van der Waals surface area contributed by atoms with Crippen LogP contribution in [0.3, 0.4) is 0 Å². The van der Waals surface area contributed by atoms with Crippen molar-refractivity contribution in [3.8, 4) is 0 Å². The summed E-state index contributed by atoms with van der Waals surface area (Å²) < 4.78 is 4.85. The summed E-state index contributed by atoms with van der Waals surface area (Å²) >= 11 is 5.89. The number of nitrogens with zero attached hydrogens (tertiary/aromatic N) is 1. The van der Waals surface area contributed by atoms with Gasteiger partial charge in [-0.05, 0) is 6.07 Å².